The number of nitrogens with one attached hydrogen (secondary N) is 3. The largest absolute Gasteiger partial charge is 0.383 e. The zero-order valence-corrected chi connectivity index (χ0v) is 21.9. The van der Waals surface area contributed by atoms with Gasteiger partial charge in [0, 0.05) is 43.5 Å². The Hall–Kier alpha value is -2.30. The van der Waals surface area contributed by atoms with Crippen molar-refractivity contribution in [2.24, 2.45) is 5.73 Å². The van der Waals surface area contributed by atoms with E-state index in [2.05, 4.69) is 20.9 Å². The van der Waals surface area contributed by atoms with Gasteiger partial charge in [0.05, 0.1) is 0 Å². The normalized spacial score (nSPS) is 22.2. The summed E-state index contributed by atoms with van der Waals surface area (Å²) in [7, 11) is 0. The van der Waals surface area contributed by atoms with E-state index in [0.717, 1.165) is 31.7 Å². The van der Waals surface area contributed by atoms with Gasteiger partial charge in [0.1, 0.15) is 16.7 Å². The Labute approximate surface area is 212 Å². The van der Waals surface area contributed by atoms with Crippen LogP contribution in [0, 0.1) is 0 Å². The maximum absolute atomic E-state index is 12.9. The van der Waals surface area contributed by atoms with E-state index in [1.165, 1.54) is 24.6 Å². The van der Waals surface area contributed by atoms with Gasteiger partial charge in [-0.05, 0) is 70.5 Å². The first-order chi connectivity index (χ1) is 16.8. The second-order valence-corrected chi connectivity index (χ2v) is 10.6. The summed E-state index contributed by atoms with van der Waals surface area (Å²) >= 11 is 1.43. The quantitative estimate of drug-likeness (QED) is 0.340. The summed E-state index contributed by atoms with van der Waals surface area (Å²) in [5, 5.41) is 8.45. The molecule has 9 nitrogen and oxygen atoms in total. The number of carbonyl (C=O) groups excluding carboxylic acids is 3. The van der Waals surface area contributed by atoms with Crippen molar-refractivity contribution in [1.82, 2.24) is 20.4 Å². The number of nitrogens with two attached hydrogens (primary N) is 1. The van der Waals surface area contributed by atoms with Crippen molar-refractivity contribution in [1.29, 1.82) is 0 Å². The third-order valence-corrected chi connectivity index (χ3v) is 8.20. The van der Waals surface area contributed by atoms with Crippen molar-refractivity contribution >= 4 is 35.2 Å². The number of amides is 3. The molecule has 0 spiro atoms. The van der Waals surface area contributed by atoms with Crippen LogP contribution in [0.4, 0.5) is 5.69 Å². The first-order valence-electron chi connectivity index (χ1n) is 12.7. The van der Waals surface area contributed by atoms with Gasteiger partial charge in [-0.3, -0.25) is 14.4 Å². The molecule has 0 bridgehead atoms. The lowest BCUT2D eigenvalue weighted by Crippen LogP contribution is -2.54. The second kappa shape index (κ2) is 13.1. The molecule has 2 saturated heterocycles. The van der Waals surface area contributed by atoms with Crippen LogP contribution in [0.5, 0.6) is 0 Å². The van der Waals surface area contributed by atoms with Crippen molar-refractivity contribution in [3.05, 3.63) is 29.8 Å². The standard InChI is InChI=1S/C25H40N6O3S/c1-4-17(3)29-23(33)21(26)25-31(5-2)24(34)20(35-25)16-28-19-10-8-18(9-11-19)22(32)27-12-15-30-13-6-7-14-30/h8-11,17,20-21,25,28H,4-7,12-16,26H2,1-3H3,(H,27,32)(H,29,33)/t17?,20-,21-,25?/m1/s1. The van der Waals surface area contributed by atoms with Crippen LogP contribution in [-0.2, 0) is 9.59 Å². The van der Waals surface area contributed by atoms with E-state index < -0.39 is 11.4 Å². The first-order valence-corrected chi connectivity index (χ1v) is 13.6. The fourth-order valence-corrected chi connectivity index (χ4v) is 5.78. The molecule has 2 unspecified atom stereocenters. The summed E-state index contributed by atoms with van der Waals surface area (Å²) in [6, 6.07) is 6.52. The van der Waals surface area contributed by atoms with Gasteiger partial charge in [0.2, 0.25) is 11.8 Å². The molecule has 2 heterocycles. The SMILES string of the molecule is CCC(C)NC(=O)[C@@H](N)C1S[C@H](CNc2ccc(C(=O)NCCN3CCCC3)cc2)C(=O)N1CC. The van der Waals surface area contributed by atoms with E-state index in [9.17, 15) is 14.4 Å². The Morgan fingerprint density at radius 2 is 1.86 bits per heavy atom. The third-order valence-electron chi connectivity index (χ3n) is 6.67. The molecule has 0 aliphatic carbocycles. The average molecular weight is 505 g/mol. The van der Waals surface area contributed by atoms with Crippen LogP contribution >= 0.6 is 11.8 Å². The van der Waals surface area contributed by atoms with Crippen molar-refractivity contribution in [3.8, 4) is 0 Å². The maximum Gasteiger partial charge on any atom is 0.251 e. The summed E-state index contributed by atoms with van der Waals surface area (Å²) in [6.07, 6.45) is 3.30. The topological polar surface area (TPSA) is 120 Å². The Morgan fingerprint density at radius 3 is 2.49 bits per heavy atom. The van der Waals surface area contributed by atoms with Crippen LogP contribution in [0.15, 0.2) is 24.3 Å². The smallest absolute Gasteiger partial charge is 0.251 e. The number of hydrogen-bond acceptors (Lipinski definition) is 7. The molecule has 35 heavy (non-hydrogen) atoms. The van der Waals surface area contributed by atoms with Gasteiger partial charge < -0.3 is 31.5 Å². The minimum Gasteiger partial charge on any atom is -0.383 e. The predicted molar refractivity (Wildman–Crippen MR) is 141 cm³/mol. The zero-order valence-electron chi connectivity index (χ0n) is 21.1. The Kier molecular flexibility index (Phi) is 10.2. The van der Waals surface area contributed by atoms with Gasteiger partial charge in [0.25, 0.3) is 5.91 Å². The van der Waals surface area contributed by atoms with Crippen LogP contribution < -0.4 is 21.7 Å². The molecule has 10 heteroatoms. The van der Waals surface area contributed by atoms with Crippen LogP contribution in [0.3, 0.4) is 0 Å². The van der Waals surface area contributed by atoms with Crippen LogP contribution in [0.25, 0.3) is 0 Å². The van der Waals surface area contributed by atoms with Crippen molar-refractivity contribution < 1.29 is 14.4 Å². The third kappa shape index (κ3) is 7.35. The molecule has 3 rings (SSSR count). The molecule has 3 amide bonds. The van der Waals surface area contributed by atoms with E-state index in [-0.39, 0.29) is 29.0 Å². The van der Waals surface area contributed by atoms with E-state index in [4.69, 9.17) is 5.73 Å². The number of thioether (sulfide) groups is 1. The maximum atomic E-state index is 12.9. The fourth-order valence-electron chi connectivity index (χ4n) is 4.32. The zero-order chi connectivity index (χ0) is 25.4. The molecule has 4 atom stereocenters. The number of benzene rings is 1. The molecular formula is C25H40N6O3S. The Bertz CT molecular complexity index is 861. The summed E-state index contributed by atoms with van der Waals surface area (Å²) in [6.45, 7) is 10.5. The minimum absolute atomic E-state index is 0.0178. The van der Waals surface area contributed by atoms with Gasteiger partial charge in [-0.1, -0.05) is 6.92 Å². The Balaban J connectivity index is 1.48. The summed E-state index contributed by atoms with van der Waals surface area (Å²) in [4.78, 5) is 41.9. The van der Waals surface area contributed by atoms with Crippen LogP contribution in [0.2, 0.25) is 0 Å². The predicted octanol–water partition coefficient (Wildman–Crippen LogP) is 1.46. The monoisotopic (exact) mass is 504 g/mol. The summed E-state index contributed by atoms with van der Waals surface area (Å²) in [5.74, 6) is -0.329. The lowest BCUT2D eigenvalue weighted by Gasteiger charge is -2.27. The molecule has 2 fully saturated rings. The Morgan fingerprint density at radius 1 is 1.17 bits per heavy atom. The van der Waals surface area contributed by atoms with Crippen LogP contribution in [0.1, 0.15) is 50.4 Å². The van der Waals surface area contributed by atoms with Gasteiger partial charge in [-0.2, -0.15) is 0 Å². The van der Waals surface area contributed by atoms with E-state index >= 15 is 0 Å². The van der Waals surface area contributed by atoms with Crippen LogP contribution in [-0.4, -0.2) is 89.5 Å². The molecule has 2 aliphatic rings. The van der Waals surface area contributed by atoms with E-state index in [1.807, 2.05) is 32.9 Å². The highest BCUT2D eigenvalue weighted by Crippen LogP contribution is 2.33. The number of nitrogens with zero attached hydrogens (tertiary/aromatic N) is 2. The summed E-state index contributed by atoms with van der Waals surface area (Å²) < 4.78 is 0. The number of hydrogen-bond donors (Lipinski definition) is 4. The highest BCUT2D eigenvalue weighted by Gasteiger charge is 2.44. The van der Waals surface area contributed by atoms with E-state index in [1.54, 1.807) is 17.0 Å². The number of likely N-dealkylation sites (tertiary alicyclic amines) is 1. The highest BCUT2D eigenvalue weighted by molar-refractivity contribution is 8.01. The number of likely N-dealkylation sites (N-methyl/N-ethyl adjacent to an activating group) is 1. The first kappa shape index (κ1) is 27.3. The number of carbonyl (C=O) groups is 3. The lowest BCUT2D eigenvalue weighted by atomic mass is 10.2. The number of rotatable bonds is 12. The minimum atomic E-state index is -0.786. The second-order valence-electron chi connectivity index (χ2n) is 9.25. The van der Waals surface area contributed by atoms with Gasteiger partial charge in [0.15, 0.2) is 0 Å². The van der Waals surface area contributed by atoms with Gasteiger partial charge in [-0.25, -0.2) is 0 Å². The van der Waals surface area contributed by atoms with E-state index in [0.29, 0.717) is 25.2 Å². The molecule has 5 N–H and O–H groups in total. The fraction of sp³-hybridized carbons (Fsp3) is 0.640. The molecular weight excluding hydrogens is 464 g/mol. The molecule has 0 aromatic heterocycles. The molecule has 2 aliphatic heterocycles. The van der Waals surface area contributed by atoms with Crippen molar-refractivity contribution in [2.45, 2.75) is 62.7 Å². The average Bonchev–Trinajstić information content (AvgIpc) is 3.49. The summed E-state index contributed by atoms with van der Waals surface area (Å²) in [5.41, 5.74) is 7.69. The van der Waals surface area contributed by atoms with Gasteiger partial charge >= 0.3 is 0 Å². The molecule has 0 radical (unpaired) electrons. The highest BCUT2D eigenvalue weighted by atomic mass is 32.2. The molecule has 194 valence electrons. The number of anilines is 1. The van der Waals surface area contributed by atoms with Crippen molar-refractivity contribution in [3.63, 3.8) is 0 Å². The molecule has 1 aromatic carbocycles. The lowest BCUT2D eigenvalue weighted by molar-refractivity contribution is -0.131. The van der Waals surface area contributed by atoms with Gasteiger partial charge in [-0.15, -0.1) is 11.8 Å². The van der Waals surface area contributed by atoms with Crippen molar-refractivity contribution in [2.75, 3.05) is 44.6 Å². The molecule has 1 aromatic rings. The molecule has 0 saturated carbocycles.